The number of urea groups is 2. The van der Waals surface area contributed by atoms with Gasteiger partial charge in [0.05, 0.1) is 36.6 Å². The molecule has 0 bridgehead atoms. The number of hydrogen-bond acceptors (Lipinski definition) is 11. The Hall–Kier alpha value is -3.55. The van der Waals surface area contributed by atoms with E-state index in [9.17, 15) is 24.0 Å². The summed E-state index contributed by atoms with van der Waals surface area (Å²) in [5, 5.41) is 8.87. The number of ether oxygens (including phenoxy) is 2. The molecular formula is C46H67N7O7S4. The number of nitrogens with zero attached hydrogens (tertiary/aromatic N) is 4. The van der Waals surface area contributed by atoms with E-state index in [2.05, 4.69) is 22.0 Å². The monoisotopic (exact) mass is 957 g/mol. The molecule has 3 heterocycles. The third-order valence-electron chi connectivity index (χ3n) is 11.2. The largest absolute Gasteiger partial charge is 0.375 e. The van der Waals surface area contributed by atoms with Crippen LogP contribution in [0.3, 0.4) is 0 Å². The molecule has 352 valence electrons. The molecule has 0 radical (unpaired) electrons. The van der Waals surface area contributed by atoms with E-state index >= 15 is 0 Å². The summed E-state index contributed by atoms with van der Waals surface area (Å²) in [6, 6.07) is 15.7. The van der Waals surface area contributed by atoms with Crippen LogP contribution >= 0.6 is 43.2 Å². The van der Waals surface area contributed by atoms with E-state index in [1.54, 1.807) is 53.0 Å². The van der Waals surface area contributed by atoms with Crippen molar-refractivity contribution in [3.05, 3.63) is 65.2 Å². The first-order valence-electron chi connectivity index (χ1n) is 22.3. The molecule has 64 heavy (non-hydrogen) atoms. The van der Waals surface area contributed by atoms with Gasteiger partial charge in [0.15, 0.2) is 0 Å². The Kier molecular flexibility index (Phi) is 21.3. The average molecular weight is 958 g/mol. The van der Waals surface area contributed by atoms with Crippen LogP contribution < -0.4 is 20.9 Å². The highest BCUT2D eigenvalue weighted by Crippen LogP contribution is 2.30. The van der Waals surface area contributed by atoms with Crippen LogP contribution in [-0.2, 0) is 30.4 Å². The number of fused-ring (bicyclic) bond motifs is 2. The standard InChI is InChI=1S/C46H67N7O7S4/c1-45(2,18-15-41(55)50(23-21-48-43(57)51-25-31-61-62-32-26-51)24-22-49-44(58)52-27-33-63-64-34-28-52)60-30-19-46(3,4)59-29-17-40(54)47-20-16-42(56)53-35-38-11-6-5-9-36(38)13-14-37-10-7-8-12-39(37)53/h5-14H,15-35H2,1-4H3,(H,47,54)(H,48,57)(H,49,58)/b14-13-. The maximum absolute atomic E-state index is 13.7. The number of carbonyl (C=O) groups excluding carboxylic acids is 5. The Bertz CT molecular complexity index is 1830. The van der Waals surface area contributed by atoms with Crippen molar-refractivity contribution in [3.8, 4) is 0 Å². The van der Waals surface area contributed by atoms with Crippen molar-refractivity contribution in [1.82, 2.24) is 30.7 Å². The normalized spacial score (nSPS) is 16.2. The van der Waals surface area contributed by atoms with Crippen LogP contribution in [-0.4, -0.2) is 151 Å². The molecule has 14 nitrogen and oxygen atoms in total. The van der Waals surface area contributed by atoms with Crippen LogP contribution in [0, 0.1) is 0 Å². The molecule has 3 N–H and O–H groups in total. The molecule has 5 rings (SSSR count). The Morgan fingerprint density at radius 1 is 0.625 bits per heavy atom. The first-order valence-corrected chi connectivity index (χ1v) is 27.3. The van der Waals surface area contributed by atoms with Crippen LogP contribution in [0.2, 0.25) is 0 Å². The minimum atomic E-state index is -0.600. The van der Waals surface area contributed by atoms with Gasteiger partial charge in [-0.1, -0.05) is 97.8 Å². The summed E-state index contributed by atoms with van der Waals surface area (Å²) >= 11 is 0. The van der Waals surface area contributed by atoms with E-state index in [1.807, 2.05) is 92.1 Å². The van der Waals surface area contributed by atoms with Crippen LogP contribution in [0.4, 0.5) is 15.3 Å². The molecule has 2 fully saturated rings. The smallest absolute Gasteiger partial charge is 0.317 e. The van der Waals surface area contributed by atoms with E-state index in [4.69, 9.17) is 9.47 Å². The van der Waals surface area contributed by atoms with Gasteiger partial charge in [-0.3, -0.25) is 14.4 Å². The minimum Gasteiger partial charge on any atom is -0.375 e. The first kappa shape index (κ1) is 51.4. The van der Waals surface area contributed by atoms with E-state index < -0.39 is 11.2 Å². The number of rotatable bonds is 20. The maximum atomic E-state index is 13.7. The van der Waals surface area contributed by atoms with Gasteiger partial charge in [-0.05, 0) is 63.3 Å². The van der Waals surface area contributed by atoms with Gasteiger partial charge in [-0.25, -0.2) is 9.59 Å². The lowest BCUT2D eigenvalue weighted by molar-refractivity contribution is -0.133. The fourth-order valence-corrected chi connectivity index (χ4v) is 11.2. The SMILES string of the molecule is CC(C)(CCOC(C)(C)CCC(=O)N(CCNC(=O)N1CCSSCC1)CCNC(=O)N1CCSSCC1)OCCC(=O)NCCC(=O)N1Cc2ccccc2/C=C\c2ccccc21. The van der Waals surface area contributed by atoms with E-state index in [-0.39, 0.29) is 62.2 Å². The van der Waals surface area contributed by atoms with Crippen molar-refractivity contribution in [1.29, 1.82) is 0 Å². The van der Waals surface area contributed by atoms with Gasteiger partial charge in [0.1, 0.15) is 0 Å². The number of benzene rings is 2. The van der Waals surface area contributed by atoms with Gasteiger partial charge in [-0.2, -0.15) is 0 Å². The second-order valence-electron chi connectivity index (χ2n) is 17.0. The Labute approximate surface area is 395 Å². The molecule has 2 aromatic carbocycles. The molecule has 2 saturated heterocycles. The topological polar surface area (TPSA) is 153 Å². The van der Waals surface area contributed by atoms with E-state index in [0.29, 0.717) is 78.4 Å². The van der Waals surface area contributed by atoms with Crippen molar-refractivity contribution < 1.29 is 33.4 Å². The molecular weight excluding hydrogens is 891 g/mol. The Morgan fingerprint density at radius 2 is 1.16 bits per heavy atom. The molecule has 2 aromatic rings. The number of anilines is 1. The minimum absolute atomic E-state index is 0.0646. The fraction of sp³-hybridized carbons (Fsp3) is 0.587. The number of hydrogen-bond donors (Lipinski definition) is 3. The van der Waals surface area contributed by atoms with Gasteiger partial charge in [0.2, 0.25) is 17.7 Å². The van der Waals surface area contributed by atoms with E-state index in [1.165, 1.54) is 0 Å². The third-order valence-corrected chi connectivity index (χ3v) is 15.9. The van der Waals surface area contributed by atoms with Crippen molar-refractivity contribution in [2.24, 2.45) is 0 Å². The fourth-order valence-electron chi connectivity index (χ4n) is 7.24. The number of nitrogens with one attached hydrogen (secondary N) is 3. The van der Waals surface area contributed by atoms with Crippen LogP contribution in [0.25, 0.3) is 12.2 Å². The number of carbonyl (C=O) groups is 5. The quantitative estimate of drug-likeness (QED) is 0.118. The molecule has 0 unspecified atom stereocenters. The summed E-state index contributed by atoms with van der Waals surface area (Å²) < 4.78 is 12.4. The van der Waals surface area contributed by atoms with Crippen molar-refractivity contribution >= 4 is 90.8 Å². The Balaban J connectivity index is 1.00. The zero-order valence-corrected chi connectivity index (χ0v) is 41.2. The highest BCUT2D eigenvalue weighted by atomic mass is 33.1. The lowest BCUT2D eigenvalue weighted by Gasteiger charge is -2.31. The lowest BCUT2D eigenvalue weighted by Crippen LogP contribution is -2.48. The maximum Gasteiger partial charge on any atom is 0.317 e. The van der Waals surface area contributed by atoms with Crippen molar-refractivity contribution in [2.45, 2.75) is 77.5 Å². The molecule has 0 aliphatic carbocycles. The summed E-state index contributed by atoms with van der Waals surface area (Å²) in [5.74, 6) is 3.22. The number of para-hydroxylation sites is 1. The zero-order valence-electron chi connectivity index (χ0n) is 37.9. The third kappa shape index (κ3) is 17.7. The summed E-state index contributed by atoms with van der Waals surface area (Å²) in [5.41, 5.74) is 2.79. The highest BCUT2D eigenvalue weighted by molar-refractivity contribution is 8.77. The van der Waals surface area contributed by atoms with Gasteiger partial charge in [-0.15, -0.1) is 0 Å². The molecule has 3 aliphatic rings. The predicted octanol–water partition coefficient (Wildman–Crippen LogP) is 7.00. The zero-order chi connectivity index (χ0) is 45.8. The molecule has 0 atom stereocenters. The van der Waals surface area contributed by atoms with Crippen LogP contribution in [0.15, 0.2) is 48.5 Å². The van der Waals surface area contributed by atoms with Gasteiger partial charge < -0.3 is 45.0 Å². The van der Waals surface area contributed by atoms with E-state index in [0.717, 1.165) is 45.4 Å². The molecule has 3 aliphatic heterocycles. The molecule has 0 spiro atoms. The van der Waals surface area contributed by atoms with Crippen LogP contribution in [0.1, 0.15) is 76.5 Å². The van der Waals surface area contributed by atoms with Crippen molar-refractivity contribution in [2.75, 3.05) is 100 Å². The molecule has 0 aromatic heterocycles. The van der Waals surface area contributed by atoms with Gasteiger partial charge in [0.25, 0.3) is 0 Å². The second-order valence-corrected chi connectivity index (χ2v) is 22.4. The summed E-state index contributed by atoms with van der Waals surface area (Å²) in [6.45, 7) is 13.2. The molecule has 18 heteroatoms. The molecule has 0 saturated carbocycles. The van der Waals surface area contributed by atoms with Gasteiger partial charge in [0, 0.05) is 101 Å². The average Bonchev–Trinajstić information content (AvgIpc) is 3.72. The first-order chi connectivity index (χ1) is 30.8. The predicted molar refractivity (Wildman–Crippen MR) is 266 cm³/mol. The van der Waals surface area contributed by atoms with Gasteiger partial charge >= 0.3 is 12.1 Å². The Morgan fingerprint density at radius 3 is 1.78 bits per heavy atom. The summed E-state index contributed by atoms with van der Waals surface area (Å²) in [4.78, 5) is 72.9. The summed E-state index contributed by atoms with van der Waals surface area (Å²) in [6.07, 6.45) is 5.74. The number of amides is 7. The molecule has 7 amide bonds. The summed E-state index contributed by atoms with van der Waals surface area (Å²) in [7, 11) is 7.10. The highest BCUT2D eigenvalue weighted by Gasteiger charge is 2.27. The van der Waals surface area contributed by atoms with Crippen molar-refractivity contribution in [3.63, 3.8) is 0 Å². The second kappa shape index (κ2) is 26.6. The lowest BCUT2D eigenvalue weighted by atomic mass is 10.0. The van der Waals surface area contributed by atoms with Crippen LogP contribution in [0.5, 0.6) is 0 Å².